The first-order valence-electron chi connectivity index (χ1n) is 7.36. The smallest absolute Gasteiger partial charge is 0.250 e. The van der Waals surface area contributed by atoms with Crippen molar-refractivity contribution in [1.82, 2.24) is 24.5 Å². The first-order chi connectivity index (χ1) is 11.8. The van der Waals surface area contributed by atoms with Crippen molar-refractivity contribution in [1.29, 1.82) is 0 Å². The van der Waals surface area contributed by atoms with Crippen LogP contribution < -0.4 is 5.56 Å². The predicted octanol–water partition coefficient (Wildman–Crippen LogP) is 2.13. The highest BCUT2D eigenvalue weighted by Gasteiger charge is 2.08. The minimum Gasteiger partial charge on any atom is -0.423 e. The van der Waals surface area contributed by atoms with Crippen LogP contribution >= 0.6 is 0 Å². The molecule has 1 aromatic carbocycles. The molecule has 24 heavy (non-hydrogen) atoms. The van der Waals surface area contributed by atoms with Crippen LogP contribution in [-0.4, -0.2) is 24.5 Å². The summed E-state index contributed by atoms with van der Waals surface area (Å²) in [7, 11) is 0. The summed E-state index contributed by atoms with van der Waals surface area (Å²) in [5, 5.41) is 12.0. The van der Waals surface area contributed by atoms with Crippen LogP contribution in [0.25, 0.3) is 17.1 Å². The van der Waals surface area contributed by atoms with Crippen LogP contribution in [0.4, 0.5) is 0 Å². The molecule has 4 rings (SSSR count). The minimum absolute atomic E-state index is 0.118. The van der Waals surface area contributed by atoms with Gasteiger partial charge in [-0.1, -0.05) is 18.2 Å². The summed E-state index contributed by atoms with van der Waals surface area (Å²) < 4.78 is 8.52. The van der Waals surface area contributed by atoms with E-state index in [1.807, 2.05) is 42.6 Å². The molecule has 4 aromatic rings. The highest BCUT2D eigenvalue weighted by Crippen LogP contribution is 2.14. The number of hydrogen-bond acceptors (Lipinski definition) is 5. The van der Waals surface area contributed by atoms with Gasteiger partial charge < -0.3 is 8.98 Å². The average molecular weight is 319 g/mol. The molecule has 0 fully saturated rings. The zero-order valence-electron chi connectivity index (χ0n) is 12.6. The lowest BCUT2D eigenvalue weighted by molar-refractivity contribution is 0.567. The van der Waals surface area contributed by atoms with E-state index in [1.165, 1.54) is 12.5 Å². The van der Waals surface area contributed by atoms with Crippen molar-refractivity contribution < 1.29 is 4.42 Å². The van der Waals surface area contributed by atoms with Gasteiger partial charge in [-0.3, -0.25) is 4.79 Å². The van der Waals surface area contributed by atoms with Gasteiger partial charge in [0.2, 0.25) is 12.3 Å². The largest absolute Gasteiger partial charge is 0.423 e. The molecule has 0 bridgehead atoms. The average Bonchev–Trinajstić information content (AvgIpc) is 3.29. The van der Waals surface area contributed by atoms with E-state index in [1.54, 1.807) is 21.5 Å². The van der Waals surface area contributed by atoms with E-state index in [2.05, 4.69) is 15.3 Å². The van der Waals surface area contributed by atoms with E-state index in [9.17, 15) is 4.79 Å². The zero-order valence-corrected chi connectivity index (χ0v) is 12.6. The Balaban J connectivity index is 1.63. The fourth-order valence-electron chi connectivity index (χ4n) is 2.43. The molecule has 0 saturated carbocycles. The second-order valence-corrected chi connectivity index (χ2v) is 5.21. The van der Waals surface area contributed by atoms with Crippen molar-refractivity contribution in [3.63, 3.8) is 0 Å². The van der Waals surface area contributed by atoms with Gasteiger partial charge in [0.05, 0.1) is 23.5 Å². The fraction of sp³-hybridized carbons (Fsp3) is 0.0588. The normalized spacial score (nSPS) is 10.8. The lowest BCUT2D eigenvalue weighted by Gasteiger charge is -2.05. The maximum Gasteiger partial charge on any atom is 0.250 e. The summed E-state index contributed by atoms with van der Waals surface area (Å²) in [6.45, 7) is 0.362. The fourth-order valence-corrected chi connectivity index (χ4v) is 2.43. The molecule has 0 aliphatic carbocycles. The summed E-state index contributed by atoms with van der Waals surface area (Å²) in [5.74, 6) is 0.374. The third kappa shape index (κ3) is 2.74. The number of pyridine rings is 1. The molecule has 3 aromatic heterocycles. The first-order valence-corrected chi connectivity index (χ1v) is 7.36. The van der Waals surface area contributed by atoms with Crippen molar-refractivity contribution in [3.8, 4) is 17.1 Å². The van der Waals surface area contributed by atoms with E-state index in [-0.39, 0.29) is 5.56 Å². The summed E-state index contributed by atoms with van der Waals surface area (Å²) in [6.07, 6.45) is 4.82. The topological polar surface area (TPSA) is 78.7 Å². The number of para-hydroxylation sites is 1. The summed E-state index contributed by atoms with van der Waals surface area (Å²) in [6, 6.07) is 14.8. The SMILES string of the molecule is O=c1ccc(-c2nnco2)cn1Cc1ccn(-c2ccccc2)n1. The second kappa shape index (κ2) is 5.96. The van der Waals surface area contributed by atoms with Gasteiger partial charge in [-0.15, -0.1) is 10.2 Å². The van der Waals surface area contributed by atoms with E-state index >= 15 is 0 Å². The van der Waals surface area contributed by atoms with Gasteiger partial charge >= 0.3 is 0 Å². The highest BCUT2D eigenvalue weighted by atomic mass is 16.4. The molecule has 7 nitrogen and oxygen atoms in total. The highest BCUT2D eigenvalue weighted by molar-refractivity contribution is 5.50. The molecule has 0 amide bonds. The van der Waals surface area contributed by atoms with Crippen LogP contribution in [0, 0.1) is 0 Å². The summed E-state index contributed by atoms with van der Waals surface area (Å²) in [5.41, 5.74) is 2.32. The lowest BCUT2D eigenvalue weighted by atomic mass is 10.3. The van der Waals surface area contributed by atoms with E-state index in [0.29, 0.717) is 18.0 Å². The number of rotatable bonds is 4. The van der Waals surface area contributed by atoms with Gasteiger partial charge in [0.1, 0.15) is 0 Å². The quantitative estimate of drug-likeness (QED) is 0.576. The van der Waals surface area contributed by atoms with Gasteiger partial charge in [-0.05, 0) is 24.3 Å². The van der Waals surface area contributed by atoms with Gasteiger partial charge in [-0.2, -0.15) is 5.10 Å². The standard InChI is InChI=1S/C17H13N5O2/c23-16-7-6-13(17-19-18-12-24-17)10-21(16)11-14-8-9-22(20-14)15-4-2-1-3-5-15/h1-10,12H,11H2. The predicted molar refractivity (Wildman–Crippen MR) is 86.7 cm³/mol. The second-order valence-electron chi connectivity index (χ2n) is 5.21. The number of nitrogens with zero attached hydrogens (tertiary/aromatic N) is 5. The maximum absolute atomic E-state index is 12.1. The molecule has 0 N–H and O–H groups in total. The zero-order chi connectivity index (χ0) is 16.4. The minimum atomic E-state index is -0.118. The molecule has 0 radical (unpaired) electrons. The molecule has 0 atom stereocenters. The molecule has 7 heteroatoms. The van der Waals surface area contributed by atoms with E-state index in [0.717, 1.165) is 11.4 Å². The third-order valence-corrected chi connectivity index (χ3v) is 3.59. The molecule has 0 aliphatic heterocycles. The van der Waals surface area contributed by atoms with Crippen LogP contribution in [0.1, 0.15) is 5.69 Å². The Hall–Kier alpha value is -3.48. The van der Waals surface area contributed by atoms with Crippen LogP contribution in [0.3, 0.4) is 0 Å². The molecule has 118 valence electrons. The van der Waals surface area contributed by atoms with Gasteiger partial charge in [0.15, 0.2) is 0 Å². The molecule has 0 spiro atoms. The van der Waals surface area contributed by atoms with Crippen molar-refractivity contribution in [2.75, 3.05) is 0 Å². The molecular weight excluding hydrogens is 306 g/mol. The summed E-state index contributed by atoms with van der Waals surface area (Å²) in [4.78, 5) is 12.1. The Kier molecular flexibility index (Phi) is 3.51. The van der Waals surface area contributed by atoms with Crippen molar-refractivity contribution in [2.45, 2.75) is 6.54 Å². The third-order valence-electron chi connectivity index (χ3n) is 3.59. The van der Waals surface area contributed by atoms with Crippen molar-refractivity contribution in [2.24, 2.45) is 0 Å². The molecule has 0 saturated heterocycles. The van der Waals surface area contributed by atoms with Crippen LogP contribution in [0.2, 0.25) is 0 Å². The Morgan fingerprint density at radius 3 is 2.71 bits per heavy atom. The number of hydrogen-bond donors (Lipinski definition) is 0. The number of aromatic nitrogens is 5. The Labute approximate surface area is 136 Å². The summed E-state index contributed by atoms with van der Waals surface area (Å²) >= 11 is 0. The first kappa shape index (κ1) is 14.1. The molecule has 3 heterocycles. The Morgan fingerprint density at radius 1 is 1.04 bits per heavy atom. The maximum atomic E-state index is 12.1. The molecular formula is C17H13N5O2. The van der Waals surface area contributed by atoms with Crippen molar-refractivity contribution in [3.05, 3.63) is 83.4 Å². The molecule has 0 unspecified atom stereocenters. The Bertz CT molecular complexity index is 1000. The van der Waals surface area contributed by atoms with Gasteiger partial charge in [0.25, 0.3) is 5.56 Å². The van der Waals surface area contributed by atoms with E-state index in [4.69, 9.17) is 4.42 Å². The van der Waals surface area contributed by atoms with E-state index < -0.39 is 0 Å². The lowest BCUT2D eigenvalue weighted by Crippen LogP contribution is -2.19. The van der Waals surface area contributed by atoms with Crippen LogP contribution in [0.5, 0.6) is 0 Å². The Morgan fingerprint density at radius 2 is 1.92 bits per heavy atom. The molecule has 0 aliphatic rings. The van der Waals surface area contributed by atoms with Crippen molar-refractivity contribution >= 4 is 0 Å². The monoisotopic (exact) mass is 319 g/mol. The van der Waals surface area contributed by atoms with Gasteiger partial charge in [-0.25, -0.2) is 4.68 Å². The van der Waals surface area contributed by atoms with Gasteiger partial charge in [0, 0.05) is 18.5 Å². The van der Waals surface area contributed by atoms with Crippen LogP contribution in [-0.2, 0) is 6.54 Å². The van der Waals surface area contributed by atoms with Crippen LogP contribution in [0.15, 0.2) is 76.5 Å². The number of benzene rings is 1.